The van der Waals surface area contributed by atoms with Gasteiger partial charge in [-0.3, -0.25) is 0 Å². The highest BCUT2D eigenvalue weighted by Crippen LogP contribution is 2.37. The summed E-state index contributed by atoms with van der Waals surface area (Å²) in [7, 11) is 0. The largest absolute Gasteiger partial charge is 0.493 e. The van der Waals surface area contributed by atoms with Crippen molar-refractivity contribution in [3.05, 3.63) is 40.5 Å². The number of rotatable bonds is 1. The summed E-state index contributed by atoms with van der Waals surface area (Å²) in [6.45, 7) is 0.682. The third kappa shape index (κ3) is 1.61. The molecule has 4 nitrogen and oxygen atoms in total. The van der Waals surface area contributed by atoms with E-state index in [4.69, 9.17) is 9.26 Å². The Labute approximate surface area is 101 Å². The van der Waals surface area contributed by atoms with Gasteiger partial charge < -0.3 is 9.26 Å². The molecular formula is C11H9BrN2O2. The first-order valence-electron chi connectivity index (χ1n) is 5.05. The minimum Gasteiger partial charge on any atom is -0.493 e. The molecule has 82 valence electrons. The zero-order valence-corrected chi connectivity index (χ0v) is 9.98. The van der Waals surface area contributed by atoms with Crippen LogP contribution in [0.25, 0.3) is 0 Å². The Hall–Kier alpha value is -1.36. The van der Waals surface area contributed by atoms with Crippen molar-refractivity contribution in [2.45, 2.75) is 12.3 Å². The second-order valence-corrected chi connectivity index (χ2v) is 4.34. The molecule has 0 bridgehead atoms. The van der Waals surface area contributed by atoms with Gasteiger partial charge in [0.2, 0.25) is 10.6 Å². The highest BCUT2D eigenvalue weighted by Gasteiger charge is 2.27. The summed E-state index contributed by atoms with van der Waals surface area (Å²) in [4.78, 5) is 4.22. The number of hydrogen-bond donors (Lipinski definition) is 0. The molecule has 1 aromatic carbocycles. The molecule has 1 aliphatic heterocycles. The molecular weight excluding hydrogens is 272 g/mol. The average molecular weight is 281 g/mol. The number of benzene rings is 1. The van der Waals surface area contributed by atoms with Crippen LogP contribution in [0, 0.1) is 0 Å². The van der Waals surface area contributed by atoms with Crippen LogP contribution in [-0.4, -0.2) is 16.7 Å². The van der Waals surface area contributed by atoms with Gasteiger partial charge in [0.15, 0.2) is 0 Å². The van der Waals surface area contributed by atoms with Crippen molar-refractivity contribution in [3.8, 4) is 5.75 Å². The molecule has 0 fully saturated rings. The Morgan fingerprint density at radius 3 is 3.00 bits per heavy atom. The summed E-state index contributed by atoms with van der Waals surface area (Å²) >= 11 is 3.19. The quantitative estimate of drug-likeness (QED) is 0.806. The fourth-order valence-corrected chi connectivity index (χ4v) is 2.20. The van der Waals surface area contributed by atoms with E-state index in [9.17, 15) is 0 Å². The molecule has 1 atom stereocenters. The molecule has 0 spiro atoms. The molecule has 2 aromatic rings. The topological polar surface area (TPSA) is 48.2 Å². The van der Waals surface area contributed by atoms with Crippen molar-refractivity contribution >= 4 is 15.9 Å². The van der Waals surface area contributed by atoms with E-state index in [0.717, 1.165) is 17.7 Å². The van der Waals surface area contributed by atoms with Gasteiger partial charge >= 0.3 is 0 Å². The Bertz CT molecular complexity index is 512. The lowest BCUT2D eigenvalue weighted by atomic mass is 9.93. The fourth-order valence-electron chi connectivity index (χ4n) is 1.96. The average Bonchev–Trinajstić information content (AvgIpc) is 2.75. The number of ether oxygens (including phenoxy) is 1. The number of aromatic nitrogens is 2. The monoisotopic (exact) mass is 280 g/mol. The third-order valence-electron chi connectivity index (χ3n) is 2.67. The molecule has 0 amide bonds. The van der Waals surface area contributed by atoms with Crippen LogP contribution in [0.5, 0.6) is 5.75 Å². The predicted octanol–water partition coefficient (Wildman–Crippen LogP) is 2.75. The Kier molecular flexibility index (Phi) is 2.40. The minimum absolute atomic E-state index is 0.142. The smallest absolute Gasteiger partial charge is 0.238 e. The van der Waals surface area contributed by atoms with Crippen LogP contribution in [0.1, 0.15) is 23.8 Å². The maximum absolute atomic E-state index is 5.58. The number of hydrogen-bond acceptors (Lipinski definition) is 4. The van der Waals surface area contributed by atoms with Crippen molar-refractivity contribution in [2.24, 2.45) is 0 Å². The molecule has 5 heteroatoms. The maximum Gasteiger partial charge on any atom is 0.238 e. The molecule has 0 saturated carbocycles. The summed E-state index contributed by atoms with van der Waals surface area (Å²) in [5.41, 5.74) is 1.12. The number of fused-ring (bicyclic) bond motifs is 1. The second-order valence-electron chi connectivity index (χ2n) is 3.63. The lowest BCUT2D eigenvalue weighted by Gasteiger charge is -2.22. The fraction of sp³-hybridized carbons (Fsp3) is 0.273. The van der Waals surface area contributed by atoms with Crippen LogP contribution >= 0.6 is 15.9 Å². The molecule has 1 unspecified atom stereocenters. The van der Waals surface area contributed by atoms with Crippen LogP contribution in [0.3, 0.4) is 0 Å². The number of para-hydroxylation sites is 1. The van der Waals surface area contributed by atoms with E-state index in [1.165, 1.54) is 0 Å². The van der Waals surface area contributed by atoms with E-state index in [2.05, 4.69) is 26.1 Å². The first kappa shape index (κ1) is 9.84. The molecule has 0 saturated heterocycles. The molecule has 2 heterocycles. The summed E-state index contributed by atoms with van der Waals surface area (Å²) in [5, 5.41) is 3.75. The van der Waals surface area contributed by atoms with Crippen molar-refractivity contribution in [1.82, 2.24) is 10.1 Å². The maximum atomic E-state index is 5.58. The van der Waals surface area contributed by atoms with E-state index in [-0.39, 0.29) is 5.92 Å². The van der Waals surface area contributed by atoms with E-state index in [0.29, 0.717) is 17.2 Å². The van der Waals surface area contributed by atoms with Gasteiger partial charge in [-0.25, -0.2) is 0 Å². The van der Waals surface area contributed by atoms with Gasteiger partial charge in [-0.15, -0.1) is 0 Å². The lowest BCUT2D eigenvalue weighted by Crippen LogP contribution is -2.15. The normalized spacial score (nSPS) is 18.9. The Morgan fingerprint density at radius 1 is 1.31 bits per heavy atom. The minimum atomic E-state index is 0.142. The summed E-state index contributed by atoms with van der Waals surface area (Å²) in [5.74, 6) is 1.69. The molecule has 0 aliphatic carbocycles. The van der Waals surface area contributed by atoms with Gasteiger partial charge in [0, 0.05) is 5.56 Å². The van der Waals surface area contributed by atoms with Crippen LogP contribution < -0.4 is 4.74 Å². The summed E-state index contributed by atoms with van der Waals surface area (Å²) < 4.78 is 11.3. The van der Waals surface area contributed by atoms with Gasteiger partial charge in [-0.1, -0.05) is 18.2 Å². The van der Waals surface area contributed by atoms with E-state index >= 15 is 0 Å². The molecule has 1 aromatic heterocycles. The Balaban J connectivity index is 2.04. The van der Waals surface area contributed by atoms with Gasteiger partial charge in [-0.05, 0) is 33.6 Å². The molecule has 16 heavy (non-hydrogen) atoms. The van der Waals surface area contributed by atoms with E-state index < -0.39 is 0 Å². The third-order valence-corrected chi connectivity index (χ3v) is 3.00. The van der Waals surface area contributed by atoms with Crippen molar-refractivity contribution in [1.29, 1.82) is 0 Å². The first-order chi connectivity index (χ1) is 7.84. The summed E-state index contributed by atoms with van der Waals surface area (Å²) in [6.07, 6.45) is 0.867. The highest BCUT2D eigenvalue weighted by atomic mass is 79.9. The van der Waals surface area contributed by atoms with E-state index in [1.807, 2.05) is 24.3 Å². The van der Waals surface area contributed by atoms with Gasteiger partial charge in [0.25, 0.3) is 0 Å². The second kappa shape index (κ2) is 3.90. The zero-order chi connectivity index (χ0) is 11.0. The van der Waals surface area contributed by atoms with Gasteiger partial charge in [-0.2, -0.15) is 4.98 Å². The summed E-state index contributed by atoms with van der Waals surface area (Å²) in [6, 6.07) is 7.96. The van der Waals surface area contributed by atoms with E-state index in [1.54, 1.807) is 0 Å². The predicted molar refractivity (Wildman–Crippen MR) is 60.4 cm³/mol. The van der Waals surface area contributed by atoms with Crippen LogP contribution in [-0.2, 0) is 0 Å². The standard InChI is InChI=1S/C11H9BrN2O2/c12-11-13-10(16-14-11)8-5-6-15-9-4-2-1-3-7(8)9/h1-4,8H,5-6H2. The highest BCUT2D eigenvalue weighted by molar-refractivity contribution is 9.10. The zero-order valence-electron chi connectivity index (χ0n) is 8.39. The van der Waals surface area contributed by atoms with Crippen LogP contribution in [0.2, 0.25) is 0 Å². The Morgan fingerprint density at radius 2 is 2.19 bits per heavy atom. The van der Waals surface area contributed by atoms with Crippen molar-refractivity contribution in [3.63, 3.8) is 0 Å². The molecule has 0 radical (unpaired) electrons. The molecule has 0 N–H and O–H groups in total. The van der Waals surface area contributed by atoms with Crippen molar-refractivity contribution in [2.75, 3.05) is 6.61 Å². The SMILES string of the molecule is Brc1noc(C2CCOc3ccccc32)n1. The molecule has 3 rings (SSSR count). The van der Waals surface area contributed by atoms with Gasteiger partial charge in [0.1, 0.15) is 5.75 Å². The van der Waals surface area contributed by atoms with Gasteiger partial charge in [0.05, 0.1) is 12.5 Å². The van der Waals surface area contributed by atoms with Crippen LogP contribution in [0.15, 0.2) is 33.5 Å². The molecule has 1 aliphatic rings. The van der Waals surface area contributed by atoms with Crippen LogP contribution in [0.4, 0.5) is 0 Å². The first-order valence-corrected chi connectivity index (χ1v) is 5.85. The number of halogens is 1. The van der Waals surface area contributed by atoms with Crippen molar-refractivity contribution < 1.29 is 9.26 Å². The lowest BCUT2D eigenvalue weighted by molar-refractivity contribution is 0.256. The number of nitrogens with zero attached hydrogens (tertiary/aromatic N) is 2.